The summed E-state index contributed by atoms with van der Waals surface area (Å²) in [6.07, 6.45) is -3.73. The van der Waals surface area contributed by atoms with E-state index in [-0.39, 0.29) is 13.0 Å². The highest BCUT2D eigenvalue weighted by molar-refractivity contribution is 5.82. The number of amides is 2. The maximum Gasteiger partial charge on any atom is 0.406 e. The lowest BCUT2D eigenvalue weighted by molar-refractivity contribution is -0.141. The number of carboxylic acids is 1. The molecule has 21 heavy (non-hydrogen) atoms. The summed E-state index contributed by atoms with van der Waals surface area (Å²) in [7, 11) is 1.45. The number of alkyl halides is 3. The van der Waals surface area contributed by atoms with E-state index in [1.165, 1.54) is 7.11 Å². The number of methoxy groups -OCH3 is 1. The van der Waals surface area contributed by atoms with Gasteiger partial charge in [0.05, 0.1) is 0 Å². The number of ether oxygens (including phenoxy) is 1. The van der Waals surface area contributed by atoms with Crippen molar-refractivity contribution in [3.8, 4) is 0 Å². The molecule has 0 aliphatic heterocycles. The van der Waals surface area contributed by atoms with Crippen LogP contribution in [0.4, 0.5) is 18.0 Å². The Morgan fingerprint density at radius 1 is 1.38 bits per heavy atom. The van der Waals surface area contributed by atoms with Crippen LogP contribution >= 0.6 is 0 Å². The van der Waals surface area contributed by atoms with Crippen molar-refractivity contribution in [1.82, 2.24) is 10.2 Å². The molecule has 9 heteroatoms. The molecular weight excluding hydrogens is 293 g/mol. The molecule has 124 valence electrons. The number of carbonyl (C=O) groups is 2. The van der Waals surface area contributed by atoms with Gasteiger partial charge in [-0.15, -0.1) is 0 Å². The highest BCUT2D eigenvalue weighted by atomic mass is 19.4. The number of urea groups is 1. The molecule has 0 aromatic carbocycles. The van der Waals surface area contributed by atoms with Crippen molar-refractivity contribution in [2.45, 2.75) is 38.4 Å². The van der Waals surface area contributed by atoms with Crippen molar-refractivity contribution in [2.24, 2.45) is 0 Å². The third-order valence-corrected chi connectivity index (χ3v) is 2.59. The zero-order valence-corrected chi connectivity index (χ0v) is 12.1. The molecule has 0 heterocycles. The summed E-state index contributed by atoms with van der Waals surface area (Å²) in [6.45, 7) is 0.428. The Labute approximate surface area is 121 Å². The van der Waals surface area contributed by atoms with Gasteiger partial charge in [-0.2, -0.15) is 13.2 Å². The van der Waals surface area contributed by atoms with Gasteiger partial charge in [-0.05, 0) is 19.3 Å². The molecule has 0 aromatic rings. The molecule has 0 aliphatic rings. The van der Waals surface area contributed by atoms with Crippen LogP contribution in [0.2, 0.25) is 0 Å². The topological polar surface area (TPSA) is 78.9 Å². The van der Waals surface area contributed by atoms with Gasteiger partial charge in [-0.3, -0.25) is 0 Å². The Morgan fingerprint density at radius 2 is 2.00 bits per heavy atom. The van der Waals surface area contributed by atoms with Crippen LogP contribution in [0.5, 0.6) is 0 Å². The van der Waals surface area contributed by atoms with E-state index >= 15 is 0 Å². The predicted octanol–water partition coefficient (Wildman–Crippen LogP) is 1.85. The fourth-order valence-corrected chi connectivity index (χ4v) is 1.67. The van der Waals surface area contributed by atoms with Crippen LogP contribution in [0, 0.1) is 0 Å². The van der Waals surface area contributed by atoms with Gasteiger partial charge >= 0.3 is 18.2 Å². The van der Waals surface area contributed by atoms with Crippen molar-refractivity contribution in [3.05, 3.63) is 0 Å². The zero-order chi connectivity index (χ0) is 16.5. The summed E-state index contributed by atoms with van der Waals surface area (Å²) < 4.78 is 41.9. The smallest absolute Gasteiger partial charge is 0.406 e. The van der Waals surface area contributed by atoms with Crippen molar-refractivity contribution < 1.29 is 32.6 Å². The Balaban J connectivity index is 4.63. The van der Waals surface area contributed by atoms with E-state index in [0.717, 1.165) is 0 Å². The van der Waals surface area contributed by atoms with Gasteiger partial charge < -0.3 is 20.1 Å². The number of hydrogen-bond acceptors (Lipinski definition) is 3. The average molecular weight is 314 g/mol. The maximum absolute atomic E-state index is 12.4. The van der Waals surface area contributed by atoms with Gasteiger partial charge in [0.15, 0.2) is 0 Å². The van der Waals surface area contributed by atoms with Crippen LogP contribution in [0.1, 0.15) is 26.2 Å². The molecule has 2 amide bonds. The first-order valence-electron chi connectivity index (χ1n) is 6.55. The molecule has 0 spiro atoms. The minimum Gasteiger partial charge on any atom is -0.480 e. The minimum atomic E-state index is -4.53. The molecule has 6 nitrogen and oxygen atoms in total. The quantitative estimate of drug-likeness (QED) is 0.637. The van der Waals surface area contributed by atoms with Crippen LogP contribution < -0.4 is 5.32 Å². The van der Waals surface area contributed by atoms with Crippen LogP contribution in [-0.4, -0.2) is 61.0 Å². The molecule has 1 unspecified atom stereocenters. The van der Waals surface area contributed by atoms with Crippen LogP contribution in [0.15, 0.2) is 0 Å². The standard InChI is InChI=1S/C12H21F3N2O4/c1-3-6-17(8-12(13,14)15)11(20)16-9(10(18)19)5-4-7-21-2/h9H,3-8H2,1-2H3,(H,16,20)(H,18,19). The first kappa shape index (κ1) is 19.5. The van der Waals surface area contributed by atoms with Gasteiger partial charge in [0, 0.05) is 20.3 Å². The molecule has 0 aromatic heterocycles. The molecule has 0 saturated heterocycles. The van der Waals surface area contributed by atoms with Crippen molar-refractivity contribution in [3.63, 3.8) is 0 Å². The number of carbonyl (C=O) groups excluding carboxylic acids is 1. The van der Waals surface area contributed by atoms with Crippen LogP contribution in [0.3, 0.4) is 0 Å². The predicted molar refractivity (Wildman–Crippen MR) is 69.0 cm³/mol. The highest BCUT2D eigenvalue weighted by Crippen LogP contribution is 2.17. The van der Waals surface area contributed by atoms with Gasteiger partial charge in [0.25, 0.3) is 0 Å². The van der Waals surface area contributed by atoms with Gasteiger partial charge in [-0.1, -0.05) is 6.92 Å². The Kier molecular flexibility index (Phi) is 8.75. The molecule has 2 N–H and O–H groups in total. The van der Waals surface area contributed by atoms with Crippen molar-refractivity contribution >= 4 is 12.0 Å². The minimum absolute atomic E-state index is 0.0842. The lowest BCUT2D eigenvalue weighted by Crippen LogP contribution is -2.50. The summed E-state index contributed by atoms with van der Waals surface area (Å²) in [5, 5.41) is 11.1. The van der Waals surface area contributed by atoms with E-state index in [0.29, 0.717) is 24.3 Å². The van der Waals surface area contributed by atoms with Crippen LogP contribution in [-0.2, 0) is 9.53 Å². The summed E-state index contributed by atoms with van der Waals surface area (Å²) in [5.74, 6) is -1.29. The summed E-state index contributed by atoms with van der Waals surface area (Å²) >= 11 is 0. The zero-order valence-electron chi connectivity index (χ0n) is 12.1. The maximum atomic E-state index is 12.4. The number of hydrogen-bond donors (Lipinski definition) is 2. The lowest BCUT2D eigenvalue weighted by Gasteiger charge is -2.25. The Bertz CT molecular complexity index is 337. The third-order valence-electron chi connectivity index (χ3n) is 2.59. The molecule has 0 radical (unpaired) electrons. The highest BCUT2D eigenvalue weighted by Gasteiger charge is 2.33. The lowest BCUT2D eigenvalue weighted by atomic mass is 10.1. The van der Waals surface area contributed by atoms with Crippen molar-refractivity contribution in [2.75, 3.05) is 26.8 Å². The summed E-state index contributed by atoms with van der Waals surface area (Å²) in [6, 6.07) is -2.26. The molecule has 0 bridgehead atoms. The van der Waals surface area contributed by atoms with E-state index < -0.39 is 30.8 Å². The summed E-state index contributed by atoms with van der Waals surface area (Å²) in [4.78, 5) is 23.3. The number of rotatable bonds is 9. The first-order chi connectivity index (χ1) is 9.71. The van der Waals surface area contributed by atoms with E-state index in [4.69, 9.17) is 9.84 Å². The molecule has 0 aliphatic carbocycles. The fraction of sp³-hybridized carbons (Fsp3) is 0.833. The number of carboxylic acid groups (broad SMARTS) is 1. The summed E-state index contributed by atoms with van der Waals surface area (Å²) in [5.41, 5.74) is 0. The number of nitrogens with zero attached hydrogens (tertiary/aromatic N) is 1. The average Bonchev–Trinajstić information content (AvgIpc) is 2.35. The fourth-order valence-electron chi connectivity index (χ4n) is 1.67. The second-order valence-corrected chi connectivity index (χ2v) is 4.51. The Morgan fingerprint density at radius 3 is 2.43 bits per heavy atom. The van der Waals surface area contributed by atoms with Crippen LogP contribution in [0.25, 0.3) is 0 Å². The molecule has 1 atom stereocenters. The van der Waals surface area contributed by atoms with Gasteiger partial charge in [0.2, 0.25) is 0 Å². The largest absolute Gasteiger partial charge is 0.480 e. The van der Waals surface area contributed by atoms with E-state index in [1.54, 1.807) is 6.92 Å². The van der Waals surface area contributed by atoms with E-state index in [1.807, 2.05) is 0 Å². The second kappa shape index (κ2) is 9.43. The van der Waals surface area contributed by atoms with Gasteiger partial charge in [-0.25, -0.2) is 9.59 Å². The molecule has 0 rings (SSSR count). The van der Waals surface area contributed by atoms with Crippen molar-refractivity contribution in [1.29, 1.82) is 0 Å². The SMILES string of the molecule is CCCN(CC(F)(F)F)C(=O)NC(CCCOC)C(=O)O. The monoisotopic (exact) mass is 314 g/mol. The number of halogens is 3. The van der Waals surface area contributed by atoms with Gasteiger partial charge in [0.1, 0.15) is 12.6 Å². The van der Waals surface area contributed by atoms with E-state index in [9.17, 15) is 22.8 Å². The molecular formula is C12H21F3N2O4. The normalized spacial score (nSPS) is 12.8. The first-order valence-corrected chi connectivity index (χ1v) is 6.55. The van der Waals surface area contributed by atoms with E-state index in [2.05, 4.69) is 5.32 Å². The molecule has 0 fully saturated rings. The number of nitrogens with one attached hydrogen (secondary N) is 1. The third kappa shape index (κ3) is 9.11. The molecule has 0 saturated carbocycles. The number of aliphatic carboxylic acids is 1. The Hall–Kier alpha value is -1.51. The second-order valence-electron chi connectivity index (χ2n) is 4.51.